The van der Waals surface area contributed by atoms with Crippen molar-refractivity contribution in [1.82, 2.24) is 24.7 Å². The van der Waals surface area contributed by atoms with Gasteiger partial charge in [-0.2, -0.15) is 0 Å². The summed E-state index contributed by atoms with van der Waals surface area (Å²) in [6.45, 7) is 5.82. The standard InChI is InChI=1S/C38H42N6O5/c1-41-20-30(27-8-12-39-18-29(27)36(41)46)25-15-33(48-2)31(34(16-25)49-3)21-42-13-9-38(10-14-42)22-43(23-38)26-7-6-24-19-44(37(47)28(24)17-26)32-5-4-11-40-35(32)45/h6-8,12,15-18,20,32H,4-5,9-11,13-14,19,21-23H2,1-3H3,(H,40,45). The fourth-order valence-electron chi connectivity index (χ4n) is 8.32. The summed E-state index contributed by atoms with van der Waals surface area (Å²) in [4.78, 5) is 49.4. The van der Waals surface area contributed by atoms with Gasteiger partial charge in [0, 0.05) is 80.6 Å². The second kappa shape index (κ2) is 12.2. The summed E-state index contributed by atoms with van der Waals surface area (Å²) in [5.74, 6) is 1.45. The zero-order chi connectivity index (χ0) is 33.9. The van der Waals surface area contributed by atoms with Gasteiger partial charge < -0.3 is 29.2 Å². The van der Waals surface area contributed by atoms with Gasteiger partial charge >= 0.3 is 0 Å². The van der Waals surface area contributed by atoms with Crippen molar-refractivity contribution >= 4 is 28.3 Å². The van der Waals surface area contributed by atoms with Crippen LogP contribution in [0, 0.1) is 5.41 Å². The highest BCUT2D eigenvalue weighted by molar-refractivity contribution is 6.02. The van der Waals surface area contributed by atoms with E-state index >= 15 is 0 Å². The summed E-state index contributed by atoms with van der Waals surface area (Å²) < 4.78 is 13.5. The average molecular weight is 663 g/mol. The molecule has 0 saturated carbocycles. The monoisotopic (exact) mass is 662 g/mol. The van der Waals surface area contributed by atoms with Gasteiger partial charge in [-0.1, -0.05) is 6.07 Å². The van der Waals surface area contributed by atoms with Gasteiger partial charge in [-0.15, -0.1) is 0 Å². The minimum Gasteiger partial charge on any atom is -0.496 e. The van der Waals surface area contributed by atoms with E-state index < -0.39 is 0 Å². The van der Waals surface area contributed by atoms with E-state index in [1.54, 1.807) is 43.1 Å². The number of anilines is 1. The summed E-state index contributed by atoms with van der Waals surface area (Å²) in [5.41, 5.74) is 5.86. The molecule has 1 N–H and O–H groups in total. The van der Waals surface area contributed by atoms with Gasteiger partial charge in [0.05, 0.1) is 25.2 Å². The van der Waals surface area contributed by atoms with Crippen molar-refractivity contribution in [3.05, 3.63) is 82.0 Å². The van der Waals surface area contributed by atoms with E-state index in [0.29, 0.717) is 25.0 Å². The first-order valence-electron chi connectivity index (χ1n) is 17.1. The zero-order valence-corrected chi connectivity index (χ0v) is 28.3. The van der Waals surface area contributed by atoms with Crippen LogP contribution in [-0.2, 0) is 24.9 Å². The van der Waals surface area contributed by atoms with Crippen molar-refractivity contribution < 1.29 is 19.1 Å². The molecule has 1 spiro atoms. The van der Waals surface area contributed by atoms with Crippen LogP contribution < -0.4 is 25.2 Å². The average Bonchev–Trinajstić information content (AvgIpc) is 3.44. The van der Waals surface area contributed by atoms with Gasteiger partial charge in [-0.25, -0.2) is 0 Å². The lowest BCUT2D eigenvalue weighted by Crippen LogP contribution is -2.60. The second-order valence-corrected chi connectivity index (χ2v) is 14.1. The second-order valence-electron chi connectivity index (χ2n) is 14.1. The molecule has 3 fully saturated rings. The van der Waals surface area contributed by atoms with Crippen LogP contribution in [0.1, 0.15) is 47.2 Å². The predicted molar refractivity (Wildman–Crippen MR) is 187 cm³/mol. The van der Waals surface area contributed by atoms with E-state index in [2.05, 4.69) is 32.2 Å². The number of aromatic nitrogens is 2. The Labute approximate surface area is 285 Å². The van der Waals surface area contributed by atoms with E-state index in [1.165, 1.54) is 0 Å². The van der Waals surface area contributed by atoms with Crippen LogP contribution in [0.2, 0.25) is 0 Å². The van der Waals surface area contributed by atoms with Crippen molar-refractivity contribution in [1.29, 1.82) is 0 Å². The number of methoxy groups -OCH3 is 2. The molecule has 2 aromatic heterocycles. The van der Waals surface area contributed by atoms with Crippen molar-refractivity contribution in [2.24, 2.45) is 12.5 Å². The summed E-state index contributed by atoms with van der Waals surface area (Å²) in [6, 6.07) is 11.8. The topological polar surface area (TPSA) is 109 Å². The molecule has 6 heterocycles. The fourth-order valence-corrected chi connectivity index (χ4v) is 8.32. The number of amides is 2. The molecular weight excluding hydrogens is 620 g/mol. The number of piperidine rings is 2. The maximum atomic E-state index is 13.4. The molecular formula is C38H42N6O5. The number of hydrogen-bond donors (Lipinski definition) is 1. The fraction of sp³-hybridized carbons (Fsp3) is 0.421. The Morgan fingerprint density at radius 2 is 1.71 bits per heavy atom. The summed E-state index contributed by atoms with van der Waals surface area (Å²) >= 11 is 0. The van der Waals surface area contributed by atoms with Crippen LogP contribution in [0.25, 0.3) is 21.9 Å². The molecule has 254 valence electrons. The minimum atomic E-state index is -0.369. The third-order valence-corrected chi connectivity index (χ3v) is 11.2. The van der Waals surface area contributed by atoms with E-state index in [4.69, 9.17) is 9.47 Å². The molecule has 11 heteroatoms. The van der Waals surface area contributed by atoms with E-state index in [1.807, 2.05) is 30.5 Å². The Balaban J connectivity index is 0.936. The van der Waals surface area contributed by atoms with Gasteiger partial charge in [0.2, 0.25) is 5.91 Å². The van der Waals surface area contributed by atoms with Crippen LogP contribution >= 0.6 is 0 Å². The summed E-state index contributed by atoms with van der Waals surface area (Å²) in [6.07, 6.45) is 9.00. The number of benzene rings is 2. The number of ether oxygens (including phenoxy) is 2. The molecule has 4 aromatic rings. The SMILES string of the molecule is COc1cc(-c2cn(C)c(=O)c3cnccc23)cc(OC)c1CN1CCC2(CC1)CN(c1ccc3c(c1)C(=O)N(C1CCCNC1=O)C3)C2. The number of rotatable bonds is 7. The van der Waals surface area contributed by atoms with Gasteiger partial charge in [0.1, 0.15) is 17.5 Å². The molecule has 8 rings (SSSR count). The normalized spacial score (nSPS) is 20.3. The molecule has 0 radical (unpaired) electrons. The largest absolute Gasteiger partial charge is 0.496 e. The maximum Gasteiger partial charge on any atom is 0.259 e. The highest BCUT2D eigenvalue weighted by Gasteiger charge is 2.45. The third-order valence-electron chi connectivity index (χ3n) is 11.2. The van der Waals surface area contributed by atoms with E-state index in [0.717, 1.165) is 102 Å². The molecule has 49 heavy (non-hydrogen) atoms. The van der Waals surface area contributed by atoms with Crippen LogP contribution in [0.5, 0.6) is 11.5 Å². The lowest BCUT2D eigenvalue weighted by atomic mass is 9.71. The number of fused-ring (bicyclic) bond motifs is 2. The first-order chi connectivity index (χ1) is 23.8. The molecule has 1 atom stereocenters. The lowest BCUT2D eigenvalue weighted by Gasteiger charge is -2.55. The zero-order valence-electron chi connectivity index (χ0n) is 28.3. The number of nitrogens with zero attached hydrogens (tertiary/aromatic N) is 5. The van der Waals surface area contributed by atoms with Crippen LogP contribution in [-0.4, -0.2) is 84.2 Å². The van der Waals surface area contributed by atoms with Crippen molar-refractivity contribution in [3.63, 3.8) is 0 Å². The summed E-state index contributed by atoms with van der Waals surface area (Å²) in [7, 11) is 5.14. The third kappa shape index (κ3) is 5.40. The molecule has 0 aliphatic carbocycles. The maximum absolute atomic E-state index is 13.4. The van der Waals surface area contributed by atoms with Crippen molar-refractivity contribution in [2.45, 2.75) is 44.8 Å². The Morgan fingerprint density at radius 1 is 0.959 bits per heavy atom. The Bertz CT molecular complexity index is 2000. The molecule has 11 nitrogen and oxygen atoms in total. The number of hydrogen-bond acceptors (Lipinski definition) is 8. The van der Waals surface area contributed by atoms with Crippen molar-refractivity contribution in [3.8, 4) is 22.6 Å². The molecule has 3 saturated heterocycles. The smallest absolute Gasteiger partial charge is 0.259 e. The molecule has 1 unspecified atom stereocenters. The number of aryl methyl sites for hydroxylation is 1. The first-order valence-corrected chi connectivity index (χ1v) is 17.1. The van der Waals surface area contributed by atoms with Gasteiger partial charge in [0.15, 0.2) is 0 Å². The Kier molecular flexibility index (Phi) is 7.82. The molecule has 4 aliphatic heterocycles. The van der Waals surface area contributed by atoms with Crippen LogP contribution in [0.4, 0.5) is 5.69 Å². The molecule has 4 aliphatic rings. The highest BCUT2D eigenvalue weighted by Crippen LogP contribution is 2.45. The van der Waals surface area contributed by atoms with Gasteiger partial charge in [-0.3, -0.25) is 24.3 Å². The van der Waals surface area contributed by atoms with E-state index in [-0.39, 0.29) is 28.8 Å². The number of carbonyl (C=O) groups excluding carboxylic acids is 2. The lowest BCUT2D eigenvalue weighted by molar-refractivity contribution is -0.127. The molecule has 2 aromatic carbocycles. The molecule has 2 amide bonds. The minimum absolute atomic E-state index is 0.0265. The van der Waals surface area contributed by atoms with Crippen molar-refractivity contribution in [2.75, 3.05) is 51.8 Å². The van der Waals surface area contributed by atoms with E-state index in [9.17, 15) is 14.4 Å². The van der Waals surface area contributed by atoms with Gasteiger partial charge in [-0.05, 0) is 85.6 Å². The quantitative estimate of drug-likeness (QED) is 0.317. The Hall–Kier alpha value is -4.90. The Morgan fingerprint density at radius 3 is 2.43 bits per heavy atom. The number of carbonyl (C=O) groups is 2. The number of pyridine rings is 2. The van der Waals surface area contributed by atoms with Gasteiger partial charge in [0.25, 0.3) is 11.5 Å². The summed E-state index contributed by atoms with van der Waals surface area (Å²) in [5, 5.41) is 4.33. The predicted octanol–water partition coefficient (Wildman–Crippen LogP) is 3.95. The number of nitrogens with one attached hydrogen (secondary N) is 1. The molecule has 0 bridgehead atoms. The van der Waals surface area contributed by atoms with Crippen LogP contribution in [0.15, 0.2) is 59.8 Å². The number of likely N-dealkylation sites (tertiary alicyclic amines) is 1. The van der Waals surface area contributed by atoms with Crippen LogP contribution in [0.3, 0.4) is 0 Å². The first kappa shape index (κ1) is 31.4. The highest BCUT2D eigenvalue weighted by atomic mass is 16.5.